The van der Waals surface area contributed by atoms with Crippen LogP contribution in [0.5, 0.6) is 0 Å². The number of carbonyl (C=O) groups is 1. The molecular formula is C15H29NO2. The summed E-state index contributed by atoms with van der Waals surface area (Å²) < 4.78 is 0. The van der Waals surface area contributed by atoms with Crippen molar-refractivity contribution < 1.29 is 9.90 Å². The Labute approximate surface area is 112 Å². The molecule has 0 radical (unpaired) electrons. The Balaban J connectivity index is 2.80. The summed E-state index contributed by atoms with van der Waals surface area (Å²) in [5, 5.41) is 9.06. The molecule has 1 aliphatic carbocycles. The molecule has 0 spiro atoms. The van der Waals surface area contributed by atoms with Gasteiger partial charge in [0.2, 0.25) is 0 Å². The molecule has 0 bridgehead atoms. The molecule has 3 heteroatoms. The first-order valence-corrected chi connectivity index (χ1v) is 7.11. The third-order valence-electron chi connectivity index (χ3n) is 3.90. The molecule has 3 nitrogen and oxygen atoms in total. The summed E-state index contributed by atoms with van der Waals surface area (Å²) in [6.07, 6.45) is 4.47. The first-order valence-electron chi connectivity index (χ1n) is 7.11. The molecule has 0 heterocycles. The van der Waals surface area contributed by atoms with Crippen molar-refractivity contribution >= 4 is 5.97 Å². The number of hydrogen-bond donors (Lipinski definition) is 1. The highest BCUT2D eigenvalue weighted by atomic mass is 16.4. The fourth-order valence-electron chi connectivity index (χ4n) is 3.90. The lowest BCUT2D eigenvalue weighted by atomic mass is 9.63. The van der Waals surface area contributed by atoms with Gasteiger partial charge in [-0.25, -0.2) is 0 Å². The van der Waals surface area contributed by atoms with Gasteiger partial charge in [0.1, 0.15) is 0 Å². The minimum Gasteiger partial charge on any atom is -0.480 e. The zero-order valence-electron chi connectivity index (χ0n) is 12.6. The molecule has 106 valence electrons. The highest BCUT2D eigenvalue weighted by Gasteiger charge is 2.40. The van der Waals surface area contributed by atoms with E-state index in [0.717, 1.165) is 25.8 Å². The maximum Gasteiger partial charge on any atom is 0.317 e. The van der Waals surface area contributed by atoms with Crippen molar-refractivity contribution in [2.75, 3.05) is 13.1 Å². The third kappa shape index (κ3) is 4.60. The van der Waals surface area contributed by atoms with Gasteiger partial charge in [0.05, 0.1) is 6.54 Å². The van der Waals surface area contributed by atoms with Gasteiger partial charge in [-0.1, -0.05) is 34.6 Å². The largest absolute Gasteiger partial charge is 0.480 e. The summed E-state index contributed by atoms with van der Waals surface area (Å²) in [5.41, 5.74) is 0.633. The SMILES string of the molecule is CCCN(CC(=O)O)C1CC(C)(C)CC(C)(C)C1. The number of aliphatic carboxylic acids is 1. The number of hydrogen-bond acceptors (Lipinski definition) is 2. The summed E-state index contributed by atoms with van der Waals surface area (Å²) in [5.74, 6) is -0.704. The minimum atomic E-state index is -0.704. The monoisotopic (exact) mass is 255 g/mol. The van der Waals surface area contributed by atoms with Crippen molar-refractivity contribution in [2.24, 2.45) is 10.8 Å². The van der Waals surface area contributed by atoms with Crippen molar-refractivity contribution in [1.82, 2.24) is 4.90 Å². The second-order valence-electron chi connectivity index (χ2n) is 7.43. The number of rotatable bonds is 5. The Bertz CT molecular complexity index is 281. The molecule has 0 aromatic carbocycles. The van der Waals surface area contributed by atoms with Crippen LogP contribution in [0.2, 0.25) is 0 Å². The van der Waals surface area contributed by atoms with Crippen molar-refractivity contribution in [2.45, 2.75) is 66.3 Å². The average Bonchev–Trinajstić information content (AvgIpc) is 2.11. The van der Waals surface area contributed by atoms with Crippen molar-refractivity contribution in [3.63, 3.8) is 0 Å². The van der Waals surface area contributed by atoms with Gasteiger partial charge in [0.25, 0.3) is 0 Å². The molecule has 1 aliphatic rings. The molecule has 1 N–H and O–H groups in total. The molecule has 0 amide bonds. The van der Waals surface area contributed by atoms with Gasteiger partial charge in [-0.3, -0.25) is 9.69 Å². The topological polar surface area (TPSA) is 40.5 Å². The van der Waals surface area contributed by atoms with Crippen LogP contribution in [-0.2, 0) is 4.79 Å². The van der Waals surface area contributed by atoms with Gasteiger partial charge in [-0.15, -0.1) is 0 Å². The summed E-state index contributed by atoms with van der Waals surface area (Å²) in [4.78, 5) is 13.2. The first kappa shape index (κ1) is 15.5. The van der Waals surface area contributed by atoms with Crippen LogP contribution in [0.1, 0.15) is 60.3 Å². The molecule has 0 atom stereocenters. The normalized spacial score (nSPS) is 23.2. The van der Waals surface area contributed by atoms with Crippen LogP contribution in [0.15, 0.2) is 0 Å². The molecule has 1 rings (SSSR count). The van der Waals surface area contributed by atoms with Crippen LogP contribution in [-0.4, -0.2) is 35.1 Å². The van der Waals surface area contributed by atoms with E-state index in [4.69, 9.17) is 5.11 Å². The summed E-state index contributed by atoms with van der Waals surface area (Å²) >= 11 is 0. The third-order valence-corrected chi connectivity index (χ3v) is 3.90. The van der Waals surface area contributed by atoms with E-state index in [1.807, 2.05) is 0 Å². The fourth-order valence-corrected chi connectivity index (χ4v) is 3.90. The van der Waals surface area contributed by atoms with E-state index in [9.17, 15) is 4.79 Å². The zero-order valence-corrected chi connectivity index (χ0v) is 12.6. The van der Waals surface area contributed by atoms with E-state index in [1.165, 1.54) is 6.42 Å². The van der Waals surface area contributed by atoms with Crippen molar-refractivity contribution in [3.05, 3.63) is 0 Å². The fraction of sp³-hybridized carbons (Fsp3) is 0.933. The zero-order chi connectivity index (χ0) is 14.0. The van der Waals surface area contributed by atoms with E-state index in [2.05, 4.69) is 39.5 Å². The summed E-state index contributed by atoms with van der Waals surface area (Å²) in [7, 11) is 0. The standard InChI is InChI=1S/C15H29NO2/c1-6-7-16(10-13(17)18)12-8-14(2,3)11-15(4,5)9-12/h12H,6-11H2,1-5H3,(H,17,18). The van der Waals surface area contributed by atoms with E-state index in [-0.39, 0.29) is 6.54 Å². The second-order valence-corrected chi connectivity index (χ2v) is 7.43. The van der Waals surface area contributed by atoms with Crippen molar-refractivity contribution in [1.29, 1.82) is 0 Å². The van der Waals surface area contributed by atoms with Crippen LogP contribution in [0, 0.1) is 10.8 Å². The quantitative estimate of drug-likeness (QED) is 0.818. The lowest BCUT2D eigenvalue weighted by molar-refractivity contribution is -0.139. The van der Waals surface area contributed by atoms with E-state index in [0.29, 0.717) is 16.9 Å². The maximum absolute atomic E-state index is 11.0. The smallest absolute Gasteiger partial charge is 0.317 e. The Morgan fingerprint density at radius 3 is 2.11 bits per heavy atom. The van der Waals surface area contributed by atoms with Crippen LogP contribution >= 0.6 is 0 Å². The average molecular weight is 255 g/mol. The Kier molecular flexibility index (Phi) is 4.82. The molecule has 0 aromatic rings. The van der Waals surface area contributed by atoms with Gasteiger partial charge in [-0.05, 0) is 43.1 Å². The lowest BCUT2D eigenvalue weighted by Crippen LogP contribution is -2.48. The van der Waals surface area contributed by atoms with Crippen LogP contribution in [0.3, 0.4) is 0 Å². The number of nitrogens with zero attached hydrogens (tertiary/aromatic N) is 1. The van der Waals surface area contributed by atoms with Gasteiger partial charge < -0.3 is 5.11 Å². The van der Waals surface area contributed by atoms with E-state index < -0.39 is 5.97 Å². The molecule has 0 aliphatic heterocycles. The molecular weight excluding hydrogens is 226 g/mol. The lowest BCUT2D eigenvalue weighted by Gasteiger charge is -2.48. The van der Waals surface area contributed by atoms with Crippen molar-refractivity contribution in [3.8, 4) is 0 Å². The van der Waals surface area contributed by atoms with E-state index in [1.54, 1.807) is 0 Å². The van der Waals surface area contributed by atoms with Crippen LogP contribution in [0.4, 0.5) is 0 Å². The molecule has 1 fully saturated rings. The van der Waals surface area contributed by atoms with Gasteiger partial charge in [0.15, 0.2) is 0 Å². The summed E-state index contributed by atoms with van der Waals surface area (Å²) in [6.45, 7) is 12.4. The van der Waals surface area contributed by atoms with E-state index >= 15 is 0 Å². The Hall–Kier alpha value is -0.570. The van der Waals surface area contributed by atoms with Gasteiger partial charge >= 0.3 is 5.97 Å². The molecule has 0 saturated heterocycles. The first-order chi connectivity index (χ1) is 8.15. The molecule has 1 saturated carbocycles. The molecule has 0 aromatic heterocycles. The number of carboxylic acids is 1. The summed E-state index contributed by atoms with van der Waals surface area (Å²) in [6, 6.07) is 0.416. The Morgan fingerprint density at radius 1 is 1.22 bits per heavy atom. The Morgan fingerprint density at radius 2 is 1.72 bits per heavy atom. The molecule has 18 heavy (non-hydrogen) atoms. The van der Waals surface area contributed by atoms with Gasteiger partial charge in [-0.2, -0.15) is 0 Å². The minimum absolute atomic E-state index is 0.185. The second kappa shape index (κ2) is 5.60. The highest BCUT2D eigenvalue weighted by Crippen LogP contribution is 2.47. The molecule has 0 unspecified atom stereocenters. The van der Waals surface area contributed by atoms with Gasteiger partial charge in [0, 0.05) is 6.04 Å². The van der Waals surface area contributed by atoms with Crippen LogP contribution in [0.25, 0.3) is 0 Å². The predicted molar refractivity (Wildman–Crippen MR) is 74.7 cm³/mol. The highest BCUT2D eigenvalue weighted by molar-refractivity contribution is 5.69. The van der Waals surface area contributed by atoms with Crippen LogP contribution < -0.4 is 0 Å². The predicted octanol–water partition coefficient (Wildman–Crippen LogP) is 3.39. The number of carboxylic acid groups (broad SMARTS) is 1. The maximum atomic E-state index is 11.0.